The fourth-order valence-corrected chi connectivity index (χ4v) is 3.08. The first kappa shape index (κ1) is 20.1. The van der Waals surface area contributed by atoms with Crippen molar-refractivity contribution in [2.75, 3.05) is 11.9 Å². The Bertz CT molecular complexity index is 1170. The Morgan fingerprint density at radius 1 is 0.931 bits per heavy atom. The van der Waals surface area contributed by atoms with Crippen LogP contribution in [0.3, 0.4) is 0 Å². The highest BCUT2D eigenvalue weighted by Gasteiger charge is 2.11. The fraction of sp³-hybridized carbons (Fsp3) is 0.238. The molecule has 0 saturated carbocycles. The first-order chi connectivity index (χ1) is 13.9. The number of hydrogen-bond donors (Lipinski definition) is 3. The third-order valence-electron chi connectivity index (χ3n) is 4.64. The van der Waals surface area contributed by atoms with Gasteiger partial charge >= 0.3 is 0 Å². The third-order valence-corrected chi connectivity index (χ3v) is 4.64. The molecule has 0 aliphatic carbocycles. The molecule has 0 atom stereocenters. The topological polar surface area (TPSA) is 113 Å². The number of amides is 2. The third kappa shape index (κ3) is 4.60. The number of carbonyl (C=O) groups is 2. The van der Waals surface area contributed by atoms with Crippen molar-refractivity contribution in [1.29, 1.82) is 0 Å². The van der Waals surface area contributed by atoms with Crippen molar-refractivity contribution in [3.63, 3.8) is 0 Å². The average molecular weight is 394 g/mol. The molecule has 29 heavy (non-hydrogen) atoms. The molecule has 3 rings (SSSR count). The zero-order chi connectivity index (χ0) is 21.0. The van der Waals surface area contributed by atoms with E-state index in [4.69, 9.17) is 0 Å². The maximum atomic E-state index is 12.4. The molecule has 8 nitrogen and oxygen atoms in total. The number of benzene rings is 2. The van der Waals surface area contributed by atoms with Crippen molar-refractivity contribution in [3.8, 4) is 0 Å². The summed E-state index contributed by atoms with van der Waals surface area (Å²) in [6.45, 7) is 3.60. The second-order valence-electron chi connectivity index (χ2n) is 6.79. The Morgan fingerprint density at radius 2 is 1.59 bits per heavy atom. The van der Waals surface area contributed by atoms with Crippen LogP contribution >= 0.6 is 0 Å². The van der Waals surface area contributed by atoms with Gasteiger partial charge in [-0.2, -0.15) is 0 Å². The van der Waals surface area contributed by atoms with Gasteiger partial charge in [-0.3, -0.25) is 24.3 Å². The summed E-state index contributed by atoms with van der Waals surface area (Å²) >= 11 is 0. The predicted molar refractivity (Wildman–Crippen MR) is 111 cm³/mol. The van der Waals surface area contributed by atoms with Gasteiger partial charge in [0.05, 0.1) is 23.9 Å². The molecule has 0 radical (unpaired) electrons. The first-order valence-corrected chi connectivity index (χ1v) is 9.21. The highest BCUT2D eigenvalue weighted by Crippen LogP contribution is 2.18. The molecule has 3 aromatic rings. The van der Waals surface area contributed by atoms with Crippen molar-refractivity contribution in [3.05, 3.63) is 74.3 Å². The summed E-state index contributed by atoms with van der Waals surface area (Å²) in [7, 11) is 0. The van der Waals surface area contributed by atoms with E-state index in [0.29, 0.717) is 10.8 Å². The van der Waals surface area contributed by atoms with Crippen molar-refractivity contribution >= 4 is 28.3 Å². The van der Waals surface area contributed by atoms with Gasteiger partial charge in [-0.1, -0.05) is 30.3 Å². The van der Waals surface area contributed by atoms with Crippen LogP contribution in [-0.2, 0) is 16.1 Å². The van der Waals surface area contributed by atoms with Crippen molar-refractivity contribution in [2.24, 2.45) is 0 Å². The molecule has 2 amide bonds. The van der Waals surface area contributed by atoms with Gasteiger partial charge in [0, 0.05) is 12.1 Å². The normalized spacial score (nSPS) is 10.7. The monoisotopic (exact) mass is 394 g/mol. The number of nitrogens with zero attached hydrogens (tertiary/aromatic N) is 1. The number of nitrogens with one attached hydrogen (secondary N) is 3. The van der Waals surface area contributed by atoms with E-state index in [2.05, 4.69) is 15.7 Å². The van der Waals surface area contributed by atoms with E-state index >= 15 is 0 Å². The van der Waals surface area contributed by atoms with Crippen LogP contribution < -0.4 is 21.8 Å². The van der Waals surface area contributed by atoms with Crippen molar-refractivity contribution in [1.82, 2.24) is 15.1 Å². The first-order valence-electron chi connectivity index (χ1n) is 9.21. The Balaban J connectivity index is 1.57. The number of H-pyrrole nitrogens is 1. The molecule has 0 aliphatic rings. The molecule has 1 aromatic heterocycles. The molecule has 0 spiro atoms. The van der Waals surface area contributed by atoms with E-state index in [1.54, 1.807) is 24.3 Å². The number of aromatic nitrogens is 2. The summed E-state index contributed by atoms with van der Waals surface area (Å²) in [5, 5.41) is 8.39. The molecule has 1 heterocycles. The number of rotatable bonds is 6. The van der Waals surface area contributed by atoms with Gasteiger partial charge in [-0.15, -0.1) is 0 Å². The van der Waals surface area contributed by atoms with Crippen molar-refractivity contribution < 1.29 is 9.59 Å². The largest absolute Gasteiger partial charge is 0.347 e. The number of para-hydroxylation sites is 1. The second kappa shape index (κ2) is 8.55. The van der Waals surface area contributed by atoms with E-state index in [-0.39, 0.29) is 31.0 Å². The minimum Gasteiger partial charge on any atom is -0.347 e. The van der Waals surface area contributed by atoms with Gasteiger partial charge < -0.3 is 10.6 Å². The molecular formula is C21H22N4O4. The average Bonchev–Trinajstić information content (AvgIpc) is 2.71. The summed E-state index contributed by atoms with van der Waals surface area (Å²) < 4.78 is 1.11. The van der Waals surface area contributed by atoms with Crippen molar-refractivity contribution in [2.45, 2.75) is 26.8 Å². The smallest absolute Gasteiger partial charge is 0.273 e. The maximum absolute atomic E-state index is 12.4. The van der Waals surface area contributed by atoms with Gasteiger partial charge in [0.25, 0.3) is 11.1 Å². The fourth-order valence-electron chi connectivity index (χ4n) is 3.08. The lowest BCUT2D eigenvalue weighted by Crippen LogP contribution is -2.35. The number of fused-ring (bicyclic) bond motifs is 1. The van der Waals surface area contributed by atoms with E-state index < -0.39 is 11.5 Å². The summed E-state index contributed by atoms with van der Waals surface area (Å²) in [6, 6.07) is 12.2. The second-order valence-corrected chi connectivity index (χ2v) is 6.79. The van der Waals surface area contributed by atoms with Crippen LogP contribution in [0.5, 0.6) is 0 Å². The zero-order valence-electron chi connectivity index (χ0n) is 16.2. The van der Waals surface area contributed by atoms with E-state index in [9.17, 15) is 19.2 Å². The van der Waals surface area contributed by atoms with Crippen LogP contribution in [0.25, 0.3) is 10.8 Å². The molecule has 0 fully saturated rings. The minimum absolute atomic E-state index is 0.00324. The van der Waals surface area contributed by atoms with Gasteiger partial charge in [-0.05, 0) is 37.1 Å². The molecule has 0 aliphatic heterocycles. The molecule has 0 saturated heterocycles. The Kier molecular flexibility index (Phi) is 5.92. The van der Waals surface area contributed by atoms with Crippen LogP contribution in [-0.4, -0.2) is 28.1 Å². The van der Waals surface area contributed by atoms with E-state index in [0.717, 1.165) is 21.5 Å². The summed E-state index contributed by atoms with van der Waals surface area (Å²) in [4.78, 5) is 48.7. The lowest BCUT2D eigenvalue weighted by Gasteiger charge is -2.12. The van der Waals surface area contributed by atoms with Gasteiger partial charge in [0.15, 0.2) is 0 Å². The number of aryl methyl sites for hydroxylation is 3. The molecular weight excluding hydrogens is 372 g/mol. The van der Waals surface area contributed by atoms with Crippen LogP contribution in [0.1, 0.15) is 17.5 Å². The molecule has 0 unspecified atom stereocenters. The Morgan fingerprint density at radius 3 is 2.28 bits per heavy atom. The van der Waals surface area contributed by atoms with E-state index in [1.165, 1.54) is 0 Å². The van der Waals surface area contributed by atoms with Gasteiger partial charge in [0.1, 0.15) is 0 Å². The number of hydrogen-bond acceptors (Lipinski definition) is 4. The summed E-state index contributed by atoms with van der Waals surface area (Å²) in [5.74, 6) is -0.741. The molecule has 3 N–H and O–H groups in total. The minimum atomic E-state index is -0.400. The summed E-state index contributed by atoms with van der Waals surface area (Å²) in [5.41, 5.74) is 1.83. The molecule has 150 valence electrons. The zero-order valence-corrected chi connectivity index (χ0v) is 16.2. The molecule has 8 heteroatoms. The number of anilines is 1. The van der Waals surface area contributed by atoms with Crippen LogP contribution in [0, 0.1) is 13.8 Å². The maximum Gasteiger partial charge on any atom is 0.273 e. The summed E-state index contributed by atoms with van der Waals surface area (Å²) in [6.07, 6.45) is -0.0507. The lowest BCUT2D eigenvalue weighted by molar-refractivity contribution is -0.124. The van der Waals surface area contributed by atoms with Crippen LogP contribution in [0.2, 0.25) is 0 Å². The number of carbonyl (C=O) groups excluding carboxylic acids is 2. The quantitative estimate of drug-likeness (QED) is 0.587. The van der Waals surface area contributed by atoms with E-state index in [1.807, 2.05) is 32.0 Å². The van der Waals surface area contributed by atoms with Crippen LogP contribution in [0.4, 0.5) is 5.69 Å². The van der Waals surface area contributed by atoms with Crippen LogP contribution in [0.15, 0.2) is 52.1 Å². The predicted octanol–water partition coefficient (Wildman–Crippen LogP) is 1.45. The number of aromatic amines is 1. The molecule has 0 bridgehead atoms. The SMILES string of the molecule is Cc1cccc(C)c1NC(=O)CNC(=O)CCn1[nH]c(=O)c2ccccc2c1=O. The van der Waals surface area contributed by atoms with Gasteiger partial charge in [-0.25, -0.2) is 4.68 Å². The lowest BCUT2D eigenvalue weighted by atomic mass is 10.1. The highest BCUT2D eigenvalue weighted by atomic mass is 16.2. The Hall–Kier alpha value is -3.68. The Labute approximate surface area is 166 Å². The van der Waals surface area contributed by atoms with Gasteiger partial charge in [0.2, 0.25) is 11.8 Å². The standard InChI is InChI=1S/C21H22N4O4/c1-13-6-5-7-14(2)19(13)23-18(27)12-22-17(26)10-11-25-21(29)16-9-4-3-8-15(16)20(28)24-25/h3-9H,10-12H2,1-2H3,(H,22,26)(H,23,27)(H,24,28). The molecule has 2 aromatic carbocycles. The highest BCUT2D eigenvalue weighted by molar-refractivity contribution is 5.95.